The van der Waals surface area contributed by atoms with Gasteiger partial charge in [0.1, 0.15) is 0 Å². The monoisotopic (exact) mass is 440 g/mol. The van der Waals surface area contributed by atoms with Crippen LogP contribution in [0.2, 0.25) is 10.0 Å². The molecule has 7 heteroatoms. The van der Waals surface area contributed by atoms with Gasteiger partial charge in [-0.1, -0.05) is 55.1 Å². The number of hydrogen-bond donors (Lipinski definition) is 1. The van der Waals surface area contributed by atoms with Crippen molar-refractivity contribution in [1.82, 2.24) is 5.43 Å². The lowest BCUT2D eigenvalue weighted by Crippen LogP contribution is -2.30. The molecule has 1 aliphatic rings. The Labute approximate surface area is 144 Å². The van der Waals surface area contributed by atoms with Crippen LogP contribution in [0.25, 0.3) is 0 Å². The summed E-state index contributed by atoms with van der Waals surface area (Å²) in [6.07, 6.45) is 0.707. The van der Waals surface area contributed by atoms with Gasteiger partial charge in [-0.25, -0.2) is 5.43 Å². The van der Waals surface area contributed by atoms with E-state index in [-0.39, 0.29) is 9.14 Å². The van der Waals surface area contributed by atoms with Gasteiger partial charge in [0.2, 0.25) is 5.91 Å². The topological polar surface area (TPSA) is 41.5 Å². The first kappa shape index (κ1) is 16.3. The van der Waals surface area contributed by atoms with E-state index in [1.54, 1.807) is 25.1 Å². The van der Waals surface area contributed by atoms with E-state index < -0.39 is 5.41 Å². The lowest BCUT2D eigenvalue weighted by molar-refractivity contribution is -0.125. The predicted octanol–water partition coefficient (Wildman–Crippen LogP) is 4.73. The van der Waals surface area contributed by atoms with Gasteiger partial charge in [0.15, 0.2) is 0 Å². The van der Waals surface area contributed by atoms with Crippen LogP contribution in [0.15, 0.2) is 23.3 Å². The van der Waals surface area contributed by atoms with Gasteiger partial charge >= 0.3 is 0 Å². The number of benzene rings is 1. The maximum atomic E-state index is 12.1. The number of amides is 1. The molecule has 0 radical (unpaired) electrons. The van der Waals surface area contributed by atoms with E-state index in [0.29, 0.717) is 27.7 Å². The Morgan fingerprint density at radius 3 is 2.55 bits per heavy atom. The first-order chi connectivity index (χ1) is 9.17. The summed E-state index contributed by atoms with van der Waals surface area (Å²) in [6, 6.07) is 5.12. The molecule has 2 rings (SSSR count). The highest BCUT2D eigenvalue weighted by atomic mass is 79.9. The van der Waals surface area contributed by atoms with Gasteiger partial charge in [-0.3, -0.25) is 4.79 Å². The Morgan fingerprint density at radius 1 is 1.40 bits per heavy atom. The van der Waals surface area contributed by atoms with Gasteiger partial charge in [-0.15, -0.1) is 0 Å². The van der Waals surface area contributed by atoms with Crippen molar-refractivity contribution in [3.63, 3.8) is 0 Å². The van der Waals surface area contributed by atoms with E-state index in [1.807, 2.05) is 6.92 Å². The maximum Gasteiger partial charge on any atom is 0.248 e. The molecule has 0 bridgehead atoms. The van der Waals surface area contributed by atoms with E-state index in [2.05, 4.69) is 42.4 Å². The predicted molar refractivity (Wildman–Crippen MR) is 90.1 cm³/mol. The summed E-state index contributed by atoms with van der Waals surface area (Å²) in [5.74, 6) is -0.149. The van der Waals surface area contributed by atoms with Crippen molar-refractivity contribution in [3.8, 4) is 0 Å². The fourth-order valence-corrected chi connectivity index (χ4v) is 3.65. The van der Waals surface area contributed by atoms with Crippen LogP contribution in [-0.4, -0.2) is 14.9 Å². The van der Waals surface area contributed by atoms with Gasteiger partial charge in [-0.2, -0.15) is 5.10 Å². The number of hydrogen-bond acceptors (Lipinski definition) is 2. The highest BCUT2D eigenvalue weighted by Gasteiger charge is 2.66. The molecule has 3 nitrogen and oxygen atoms in total. The molecule has 1 unspecified atom stereocenters. The fourth-order valence-electron chi connectivity index (χ4n) is 1.74. The second kappa shape index (κ2) is 5.59. The quantitative estimate of drug-likeness (QED) is 0.410. The Hall–Kier alpha value is -0.100. The summed E-state index contributed by atoms with van der Waals surface area (Å²) >= 11 is 18.9. The molecule has 0 aromatic heterocycles. The van der Waals surface area contributed by atoms with Gasteiger partial charge in [0.05, 0.1) is 14.4 Å². The SMILES string of the molecule is C/C(=N/NC(=O)C1(C)CC1(Br)Br)c1cc(Cl)ccc1Cl. The summed E-state index contributed by atoms with van der Waals surface area (Å²) in [4.78, 5) is 12.1. The number of halogens is 4. The third-order valence-corrected chi connectivity index (χ3v) is 6.28. The molecule has 0 spiro atoms. The average molecular weight is 443 g/mol. The molecule has 108 valence electrons. The minimum Gasteiger partial charge on any atom is -0.272 e. The number of hydrazone groups is 1. The number of rotatable bonds is 3. The summed E-state index contributed by atoms with van der Waals surface area (Å²) in [7, 11) is 0. The normalized spacial score (nSPS) is 24.4. The summed E-state index contributed by atoms with van der Waals surface area (Å²) < 4.78 is -0.339. The Morgan fingerprint density at radius 2 is 2.00 bits per heavy atom. The molecule has 1 saturated carbocycles. The van der Waals surface area contributed by atoms with E-state index >= 15 is 0 Å². The Balaban J connectivity index is 2.12. The van der Waals surface area contributed by atoms with Gasteiger partial charge in [-0.05, 0) is 38.5 Å². The number of nitrogens with one attached hydrogen (secondary N) is 1. The van der Waals surface area contributed by atoms with Gasteiger partial charge < -0.3 is 0 Å². The first-order valence-electron chi connectivity index (χ1n) is 5.85. The Bertz CT molecular complexity index is 604. The third kappa shape index (κ3) is 3.06. The van der Waals surface area contributed by atoms with Crippen molar-refractivity contribution in [1.29, 1.82) is 0 Å². The highest BCUT2D eigenvalue weighted by Crippen LogP contribution is 2.66. The van der Waals surface area contributed by atoms with Crippen molar-refractivity contribution < 1.29 is 4.79 Å². The average Bonchev–Trinajstić information content (AvgIpc) is 2.89. The molecule has 0 aliphatic heterocycles. The van der Waals surface area contributed by atoms with E-state index in [4.69, 9.17) is 23.2 Å². The van der Waals surface area contributed by atoms with E-state index in [1.165, 1.54) is 0 Å². The molecule has 1 atom stereocenters. The zero-order valence-corrected chi connectivity index (χ0v) is 15.5. The van der Waals surface area contributed by atoms with Crippen LogP contribution in [0, 0.1) is 5.41 Å². The third-order valence-electron chi connectivity index (χ3n) is 3.40. The lowest BCUT2D eigenvalue weighted by Gasteiger charge is -2.11. The first-order valence-corrected chi connectivity index (χ1v) is 8.19. The number of alkyl halides is 2. The molecule has 1 aromatic carbocycles. The lowest BCUT2D eigenvalue weighted by atomic mass is 10.1. The zero-order chi connectivity index (χ0) is 15.1. The van der Waals surface area contributed by atoms with E-state index in [9.17, 15) is 4.79 Å². The van der Waals surface area contributed by atoms with Crippen molar-refractivity contribution >= 4 is 66.7 Å². The van der Waals surface area contributed by atoms with Crippen LogP contribution >= 0.6 is 55.1 Å². The van der Waals surface area contributed by atoms with Crippen molar-refractivity contribution in [2.45, 2.75) is 23.5 Å². The number of carbonyl (C=O) groups is 1. The van der Waals surface area contributed by atoms with Crippen LogP contribution in [0.4, 0.5) is 0 Å². The van der Waals surface area contributed by atoms with Crippen LogP contribution < -0.4 is 5.43 Å². The molecule has 1 amide bonds. The molecule has 20 heavy (non-hydrogen) atoms. The van der Waals surface area contributed by atoms with Crippen LogP contribution in [0.3, 0.4) is 0 Å². The minimum atomic E-state index is -0.505. The smallest absolute Gasteiger partial charge is 0.248 e. The summed E-state index contributed by atoms with van der Waals surface area (Å²) in [5.41, 5.74) is 3.37. The van der Waals surface area contributed by atoms with Crippen LogP contribution in [0.1, 0.15) is 25.8 Å². The molecular formula is C13H12Br2Cl2N2O. The Kier molecular flexibility index (Phi) is 4.55. The second-order valence-corrected chi connectivity index (χ2v) is 9.59. The zero-order valence-electron chi connectivity index (χ0n) is 10.8. The molecule has 1 aliphatic carbocycles. The highest BCUT2D eigenvalue weighted by molar-refractivity contribution is 9.25. The minimum absolute atomic E-state index is 0.149. The van der Waals surface area contributed by atoms with Gasteiger partial charge in [0, 0.05) is 15.6 Å². The van der Waals surface area contributed by atoms with Crippen LogP contribution in [-0.2, 0) is 4.79 Å². The van der Waals surface area contributed by atoms with E-state index in [0.717, 1.165) is 0 Å². The van der Waals surface area contributed by atoms with Crippen molar-refractivity contribution in [2.75, 3.05) is 0 Å². The molecule has 1 fully saturated rings. The number of carbonyl (C=O) groups excluding carboxylic acids is 1. The molecule has 0 saturated heterocycles. The molecular weight excluding hydrogens is 431 g/mol. The van der Waals surface area contributed by atoms with Gasteiger partial charge in [0.25, 0.3) is 0 Å². The van der Waals surface area contributed by atoms with Crippen molar-refractivity contribution in [2.24, 2.45) is 10.5 Å². The molecule has 1 N–H and O–H groups in total. The number of nitrogens with zero attached hydrogens (tertiary/aromatic N) is 1. The van der Waals surface area contributed by atoms with Crippen molar-refractivity contribution in [3.05, 3.63) is 33.8 Å². The molecule has 0 heterocycles. The standard InChI is InChI=1S/C13H12Br2Cl2N2O/c1-7(9-5-8(16)3-4-10(9)17)18-19-11(20)12(2)6-13(12,14)15/h3-5H,6H2,1-2H3,(H,19,20)/b18-7-. The largest absolute Gasteiger partial charge is 0.272 e. The van der Waals surface area contributed by atoms with Crippen LogP contribution in [0.5, 0.6) is 0 Å². The second-order valence-electron chi connectivity index (χ2n) is 4.98. The molecule has 1 aromatic rings. The summed E-state index contributed by atoms with van der Waals surface area (Å²) in [6.45, 7) is 3.63. The fraction of sp³-hybridized carbons (Fsp3) is 0.385. The summed E-state index contributed by atoms with van der Waals surface area (Å²) in [5, 5.41) is 5.21. The maximum absolute atomic E-state index is 12.1.